The Labute approximate surface area is 203 Å². The van der Waals surface area contributed by atoms with Gasteiger partial charge in [0.25, 0.3) is 11.7 Å². The number of rotatable bonds is 6. The maximum Gasteiger partial charge on any atom is 0.300 e. The zero-order chi connectivity index (χ0) is 25.3. The van der Waals surface area contributed by atoms with E-state index in [1.54, 1.807) is 55.6 Å². The third-order valence-electron chi connectivity index (χ3n) is 6.09. The van der Waals surface area contributed by atoms with Gasteiger partial charge in [0.2, 0.25) is 0 Å². The van der Waals surface area contributed by atoms with Crippen LogP contribution in [0.4, 0.5) is 10.1 Å². The van der Waals surface area contributed by atoms with Crippen molar-refractivity contribution in [2.45, 2.75) is 25.8 Å². The molecule has 3 aromatic carbocycles. The van der Waals surface area contributed by atoms with Crippen LogP contribution in [0.15, 0.2) is 72.3 Å². The molecule has 1 N–H and O–H groups in total. The summed E-state index contributed by atoms with van der Waals surface area (Å²) in [6, 6.07) is 16.4. The summed E-state index contributed by atoms with van der Waals surface area (Å²) in [5.41, 5.74) is 1.92. The highest BCUT2D eigenvalue weighted by Crippen LogP contribution is 2.43. The molecule has 0 radical (unpaired) electrons. The Morgan fingerprint density at radius 1 is 0.971 bits per heavy atom. The Kier molecular flexibility index (Phi) is 6.60. The number of methoxy groups -OCH3 is 2. The second kappa shape index (κ2) is 9.62. The van der Waals surface area contributed by atoms with Crippen molar-refractivity contribution < 1.29 is 28.6 Å². The Morgan fingerprint density at radius 3 is 2.29 bits per heavy atom. The number of nitrogens with zero attached hydrogens (tertiary/aromatic N) is 1. The maximum absolute atomic E-state index is 14.1. The average Bonchev–Trinajstić information content (AvgIpc) is 3.13. The molecule has 1 aliphatic heterocycles. The van der Waals surface area contributed by atoms with E-state index >= 15 is 0 Å². The number of hydrogen-bond acceptors (Lipinski definition) is 5. The first-order valence-electron chi connectivity index (χ1n) is 11.2. The molecule has 7 heteroatoms. The molecule has 0 spiro atoms. The number of carbonyl (C=O) groups excluding carboxylic acids is 2. The van der Waals surface area contributed by atoms with Gasteiger partial charge in [0.15, 0.2) is 0 Å². The number of hydrogen-bond donors (Lipinski definition) is 1. The summed E-state index contributed by atoms with van der Waals surface area (Å²) in [6.45, 7) is 3.98. The standard InChI is InChI=1S/C28H26FNO5/c1-16(2)22-14-18(10-13-23(22)35-4)26(31)24-25(17-8-11-21(34-3)12-9-17)30(28(33)27(24)32)20-7-5-6-19(29)15-20/h5-16,25,31H,1-4H3/b26-24-. The topological polar surface area (TPSA) is 76.1 Å². The van der Waals surface area contributed by atoms with Gasteiger partial charge in [0.1, 0.15) is 23.1 Å². The van der Waals surface area contributed by atoms with Crippen LogP contribution in [0.2, 0.25) is 0 Å². The van der Waals surface area contributed by atoms with Crippen LogP contribution in [0.1, 0.15) is 42.5 Å². The summed E-state index contributed by atoms with van der Waals surface area (Å²) in [4.78, 5) is 27.7. The second-order valence-corrected chi connectivity index (χ2v) is 8.53. The van der Waals surface area contributed by atoms with Gasteiger partial charge >= 0.3 is 0 Å². The molecule has 1 aliphatic rings. The van der Waals surface area contributed by atoms with Crippen molar-refractivity contribution in [3.05, 3.63) is 94.8 Å². The van der Waals surface area contributed by atoms with Crippen LogP contribution in [-0.2, 0) is 9.59 Å². The molecule has 0 aromatic heterocycles. The highest BCUT2D eigenvalue weighted by molar-refractivity contribution is 6.51. The molecule has 4 rings (SSSR count). The van der Waals surface area contributed by atoms with Gasteiger partial charge in [-0.2, -0.15) is 0 Å². The Hall–Kier alpha value is -4.13. The first-order chi connectivity index (χ1) is 16.8. The van der Waals surface area contributed by atoms with E-state index < -0.39 is 23.5 Å². The van der Waals surface area contributed by atoms with Crippen molar-refractivity contribution in [3.8, 4) is 11.5 Å². The lowest BCUT2D eigenvalue weighted by atomic mass is 9.93. The fraction of sp³-hybridized carbons (Fsp3) is 0.214. The number of halogens is 1. The smallest absolute Gasteiger partial charge is 0.300 e. The van der Waals surface area contributed by atoms with E-state index in [9.17, 15) is 19.1 Å². The van der Waals surface area contributed by atoms with Crippen LogP contribution in [0.5, 0.6) is 11.5 Å². The lowest BCUT2D eigenvalue weighted by Gasteiger charge is -2.25. The van der Waals surface area contributed by atoms with Crippen LogP contribution in [-0.4, -0.2) is 31.0 Å². The molecule has 180 valence electrons. The van der Waals surface area contributed by atoms with Gasteiger partial charge in [-0.05, 0) is 65.6 Å². The van der Waals surface area contributed by atoms with E-state index in [0.29, 0.717) is 22.6 Å². The van der Waals surface area contributed by atoms with E-state index in [1.165, 1.54) is 30.2 Å². The predicted octanol–water partition coefficient (Wildman–Crippen LogP) is 5.59. The molecule has 1 heterocycles. The van der Waals surface area contributed by atoms with Crippen molar-refractivity contribution in [1.82, 2.24) is 0 Å². The highest BCUT2D eigenvalue weighted by atomic mass is 19.1. The molecule has 1 fully saturated rings. The summed E-state index contributed by atoms with van der Waals surface area (Å²) in [7, 11) is 3.10. The zero-order valence-electron chi connectivity index (χ0n) is 19.9. The third kappa shape index (κ3) is 4.37. The SMILES string of the molecule is COc1ccc(C2/C(=C(/O)c3ccc(OC)c(C(C)C)c3)C(=O)C(=O)N2c2cccc(F)c2)cc1. The molecule has 1 unspecified atom stereocenters. The van der Waals surface area contributed by atoms with Gasteiger partial charge < -0.3 is 14.6 Å². The van der Waals surface area contributed by atoms with Crippen molar-refractivity contribution in [3.63, 3.8) is 0 Å². The summed E-state index contributed by atoms with van der Waals surface area (Å²) in [5, 5.41) is 11.4. The number of aliphatic hydroxyl groups is 1. The molecule has 6 nitrogen and oxygen atoms in total. The number of benzene rings is 3. The Bertz CT molecular complexity index is 1310. The molecular formula is C28H26FNO5. The minimum Gasteiger partial charge on any atom is -0.507 e. The minimum absolute atomic E-state index is 0.0794. The molecule has 0 bridgehead atoms. The number of anilines is 1. The molecule has 1 atom stereocenters. The second-order valence-electron chi connectivity index (χ2n) is 8.53. The van der Waals surface area contributed by atoms with Gasteiger partial charge in [-0.1, -0.05) is 32.0 Å². The Balaban J connectivity index is 1.94. The molecule has 1 amide bonds. The largest absolute Gasteiger partial charge is 0.507 e. The first-order valence-corrected chi connectivity index (χ1v) is 11.2. The third-order valence-corrected chi connectivity index (χ3v) is 6.09. The van der Waals surface area contributed by atoms with Gasteiger partial charge in [0.05, 0.1) is 25.8 Å². The molecule has 0 saturated carbocycles. The number of ketones is 1. The quantitative estimate of drug-likeness (QED) is 0.286. The zero-order valence-corrected chi connectivity index (χ0v) is 19.9. The van der Waals surface area contributed by atoms with Crippen LogP contribution in [0.25, 0.3) is 5.76 Å². The fourth-order valence-corrected chi connectivity index (χ4v) is 4.31. The fourth-order valence-electron chi connectivity index (χ4n) is 4.31. The summed E-state index contributed by atoms with van der Waals surface area (Å²) >= 11 is 0. The number of ether oxygens (including phenoxy) is 2. The first kappa shape index (κ1) is 24.0. The van der Waals surface area contributed by atoms with Gasteiger partial charge in [-0.15, -0.1) is 0 Å². The van der Waals surface area contributed by atoms with Crippen molar-refractivity contribution in [2.75, 3.05) is 19.1 Å². The minimum atomic E-state index is -0.965. The number of amides is 1. The number of carbonyl (C=O) groups is 2. The maximum atomic E-state index is 14.1. The van der Waals surface area contributed by atoms with Gasteiger partial charge in [-0.3, -0.25) is 14.5 Å². The molecule has 3 aromatic rings. The van der Waals surface area contributed by atoms with Crippen molar-refractivity contribution in [2.24, 2.45) is 0 Å². The number of aliphatic hydroxyl groups excluding tert-OH is 1. The lowest BCUT2D eigenvalue weighted by molar-refractivity contribution is -0.132. The van der Waals surface area contributed by atoms with Crippen LogP contribution < -0.4 is 14.4 Å². The van der Waals surface area contributed by atoms with E-state index in [-0.39, 0.29) is 22.9 Å². The highest BCUT2D eigenvalue weighted by Gasteiger charge is 2.47. The van der Waals surface area contributed by atoms with E-state index in [1.807, 2.05) is 13.8 Å². The van der Waals surface area contributed by atoms with Crippen molar-refractivity contribution >= 4 is 23.1 Å². The van der Waals surface area contributed by atoms with E-state index in [0.717, 1.165) is 5.56 Å². The molecular weight excluding hydrogens is 449 g/mol. The van der Waals surface area contributed by atoms with Crippen LogP contribution in [0.3, 0.4) is 0 Å². The number of Topliss-reactive ketones (excluding diaryl/α,β-unsaturated/α-hetero) is 1. The van der Waals surface area contributed by atoms with E-state index in [2.05, 4.69) is 0 Å². The van der Waals surface area contributed by atoms with Crippen molar-refractivity contribution in [1.29, 1.82) is 0 Å². The summed E-state index contributed by atoms with van der Waals surface area (Å²) < 4.78 is 24.7. The Morgan fingerprint density at radius 2 is 1.69 bits per heavy atom. The molecule has 1 saturated heterocycles. The lowest BCUT2D eigenvalue weighted by Crippen LogP contribution is -2.29. The molecule has 35 heavy (non-hydrogen) atoms. The van der Waals surface area contributed by atoms with Crippen LogP contribution >= 0.6 is 0 Å². The molecule has 0 aliphatic carbocycles. The predicted molar refractivity (Wildman–Crippen MR) is 131 cm³/mol. The summed E-state index contributed by atoms with van der Waals surface area (Å²) in [5.74, 6) is -1.23. The summed E-state index contributed by atoms with van der Waals surface area (Å²) in [6.07, 6.45) is 0. The monoisotopic (exact) mass is 475 g/mol. The normalized spacial score (nSPS) is 17.2. The van der Waals surface area contributed by atoms with Gasteiger partial charge in [-0.25, -0.2) is 4.39 Å². The van der Waals surface area contributed by atoms with Crippen LogP contribution in [0, 0.1) is 5.82 Å². The average molecular weight is 476 g/mol. The van der Waals surface area contributed by atoms with E-state index in [4.69, 9.17) is 9.47 Å². The van der Waals surface area contributed by atoms with Gasteiger partial charge in [0, 0.05) is 11.3 Å².